The van der Waals surface area contributed by atoms with Crippen LogP contribution in [0.1, 0.15) is 50.5 Å². The Bertz CT molecular complexity index is 1660. The molecule has 0 atom stereocenters. The maximum absolute atomic E-state index is 12.9. The van der Waals surface area contributed by atoms with Crippen LogP contribution in [0.2, 0.25) is 5.02 Å². The number of hydrogen-bond donors (Lipinski definition) is 2. The van der Waals surface area contributed by atoms with E-state index in [1.165, 1.54) is 12.3 Å². The normalized spacial score (nSPS) is 10.7. The molecule has 4 aromatic carbocycles. The van der Waals surface area contributed by atoms with Gasteiger partial charge in [-0.25, -0.2) is 10.2 Å². The minimum Gasteiger partial charge on any atom is -0.490 e. The van der Waals surface area contributed by atoms with Gasteiger partial charge in [0.05, 0.1) is 25.0 Å². The molecule has 0 aromatic heterocycles. The first-order valence-corrected chi connectivity index (χ1v) is 14.4. The molecule has 0 radical (unpaired) electrons. The number of carbonyl (C=O) groups excluding carboxylic acids is 3. The molecule has 220 valence electrons. The molecule has 4 rings (SSSR count). The fourth-order valence-corrected chi connectivity index (χ4v) is 4.32. The van der Waals surface area contributed by atoms with Crippen LogP contribution in [0.15, 0.2) is 94.5 Å². The largest absolute Gasteiger partial charge is 0.490 e. The summed E-state index contributed by atoms with van der Waals surface area (Å²) < 4.78 is 17.4. The van der Waals surface area contributed by atoms with E-state index < -0.39 is 11.9 Å². The number of halogens is 2. The van der Waals surface area contributed by atoms with Crippen molar-refractivity contribution in [2.45, 2.75) is 13.8 Å². The third kappa shape index (κ3) is 8.67. The molecule has 0 aliphatic rings. The molecule has 11 heteroatoms. The fraction of sp³-hybridized carbons (Fsp3) is 0.125. The molecule has 0 fully saturated rings. The van der Waals surface area contributed by atoms with Gasteiger partial charge in [-0.15, -0.1) is 0 Å². The van der Waals surface area contributed by atoms with Crippen LogP contribution in [0.4, 0.5) is 5.69 Å². The number of nitrogens with zero attached hydrogens (tertiary/aromatic N) is 1. The van der Waals surface area contributed by atoms with E-state index in [1.54, 1.807) is 78.9 Å². The molecule has 4 aromatic rings. The Hall–Kier alpha value is -4.67. The van der Waals surface area contributed by atoms with Crippen LogP contribution in [-0.4, -0.2) is 37.2 Å². The number of carbonyl (C=O) groups is 3. The third-order valence-corrected chi connectivity index (χ3v) is 6.56. The highest BCUT2D eigenvalue weighted by Crippen LogP contribution is 2.29. The van der Waals surface area contributed by atoms with Crippen molar-refractivity contribution in [1.29, 1.82) is 0 Å². The van der Waals surface area contributed by atoms with Crippen LogP contribution in [0.25, 0.3) is 0 Å². The number of esters is 1. The van der Waals surface area contributed by atoms with Gasteiger partial charge in [0.2, 0.25) is 0 Å². The zero-order valence-corrected chi connectivity index (χ0v) is 25.6. The lowest BCUT2D eigenvalue weighted by atomic mass is 10.1. The molecule has 43 heavy (non-hydrogen) atoms. The Morgan fingerprint density at radius 3 is 2.21 bits per heavy atom. The number of anilines is 1. The Balaban J connectivity index is 1.42. The van der Waals surface area contributed by atoms with Gasteiger partial charge < -0.3 is 19.5 Å². The second-order valence-electron chi connectivity index (χ2n) is 8.84. The molecule has 0 heterocycles. The molecular weight excluding hydrogens is 638 g/mol. The highest BCUT2D eigenvalue weighted by atomic mass is 79.9. The van der Waals surface area contributed by atoms with Gasteiger partial charge >= 0.3 is 5.97 Å². The number of amides is 2. The van der Waals surface area contributed by atoms with Gasteiger partial charge in [-0.1, -0.05) is 33.6 Å². The summed E-state index contributed by atoms with van der Waals surface area (Å²) in [5.74, 6) is -0.202. The van der Waals surface area contributed by atoms with Gasteiger partial charge in [0, 0.05) is 31.9 Å². The summed E-state index contributed by atoms with van der Waals surface area (Å²) in [7, 11) is 0. The summed E-state index contributed by atoms with van der Waals surface area (Å²) in [6, 6.07) is 22.7. The van der Waals surface area contributed by atoms with Crippen LogP contribution >= 0.6 is 27.5 Å². The second kappa shape index (κ2) is 15.0. The molecular formula is C32H27BrClN3O6. The number of hydrazone groups is 1. The summed E-state index contributed by atoms with van der Waals surface area (Å²) in [5.41, 5.74) is 4.27. The lowest BCUT2D eigenvalue weighted by Crippen LogP contribution is -2.18. The zero-order chi connectivity index (χ0) is 30.8. The molecule has 9 nitrogen and oxygen atoms in total. The van der Waals surface area contributed by atoms with E-state index in [0.717, 1.165) is 4.47 Å². The van der Waals surface area contributed by atoms with E-state index >= 15 is 0 Å². The van der Waals surface area contributed by atoms with Crippen LogP contribution in [0.3, 0.4) is 0 Å². The van der Waals surface area contributed by atoms with E-state index in [4.69, 9.17) is 25.8 Å². The van der Waals surface area contributed by atoms with Crippen molar-refractivity contribution in [2.24, 2.45) is 5.10 Å². The van der Waals surface area contributed by atoms with Crippen molar-refractivity contribution in [1.82, 2.24) is 5.43 Å². The van der Waals surface area contributed by atoms with E-state index in [9.17, 15) is 14.4 Å². The monoisotopic (exact) mass is 663 g/mol. The second-order valence-corrected chi connectivity index (χ2v) is 10.2. The lowest BCUT2D eigenvalue weighted by Gasteiger charge is -2.12. The molecule has 0 spiro atoms. The van der Waals surface area contributed by atoms with Gasteiger partial charge in [-0.05, 0) is 92.7 Å². The number of rotatable bonds is 11. The molecule has 0 aliphatic heterocycles. The quantitative estimate of drug-likeness (QED) is 0.0763. The van der Waals surface area contributed by atoms with Gasteiger partial charge in [0.15, 0.2) is 11.5 Å². The first-order chi connectivity index (χ1) is 20.8. The number of ether oxygens (including phenoxy) is 3. The van der Waals surface area contributed by atoms with Crippen molar-refractivity contribution in [3.8, 4) is 17.2 Å². The summed E-state index contributed by atoms with van der Waals surface area (Å²) in [4.78, 5) is 38.3. The van der Waals surface area contributed by atoms with Crippen LogP contribution in [0.5, 0.6) is 17.2 Å². The minimum atomic E-state index is -0.573. The average molecular weight is 665 g/mol. The average Bonchev–Trinajstić information content (AvgIpc) is 3.00. The molecule has 0 aliphatic carbocycles. The predicted octanol–water partition coefficient (Wildman–Crippen LogP) is 7.14. The number of hydrogen-bond acceptors (Lipinski definition) is 7. The summed E-state index contributed by atoms with van der Waals surface area (Å²) in [6.45, 7) is 4.59. The van der Waals surface area contributed by atoms with E-state index in [-0.39, 0.29) is 17.2 Å². The first-order valence-electron chi connectivity index (χ1n) is 13.2. The maximum atomic E-state index is 12.9. The predicted molar refractivity (Wildman–Crippen MR) is 169 cm³/mol. The highest BCUT2D eigenvalue weighted by Gasteiger charge is 2.14. The smallest absolute Gasteiger partial charge is 0.343 e. The lowest BCUT2D eigenvalue weighted by molar-refractivity contribution is 0.0734. The first kappa shape index (κ1) is 31.3. The standard InChI is InChI=1S/C32H27BrClN3O6/c1-3-41-28-14-10-22(18-29(28)42-4-2)30(38)36-26-7-5-6-21(17-26)31(39)37-35-19-23-16-24(33)11-15-27(23)43-32(40)20-8-12-25(34)13-9-20/h5-19H,3-4H2,1-2H3,(H,36,38)(H,37,39). The fourth-order valence-electron chi connectivity index (χ4n) is 3.82. The van der Waals surface area contributed by atoms with Crippen molar-refractivity contribution in [2.75, 3.05) is 18.5 Å². The van der Waals surface area contributed by atoms with Crippen LogP contribution in [0, 0.1) is 0 Å². The number of benzene rings is 4. The Morgan fingerprint density at radius 1 is 0.791 bits per heavy atom. The van der Waals surface area contributed by atoms with Crippen LogP contribution < -0.4 is 25.0 Å². The Labute approximate surface area is 261 Å². The summed E-state index contributed by atoms with van der Waals surface area (Å²) in [6.07, 6.45) is 1.36. The molecule has 2 N–H and O–H groups in total. The van der Waals surface area contributed by atoms with E-state index in [0.29, 0.717) is 52.1 Å². The van der Waals surface area contributed by atoms with E-state index in [1.807, 2.05) is 13.8 Å². The van der Waals surface area contributed by atoms with Crippen molar-refractivity contribution in [3.05, 3.63) is 117 Å². The maximum Gasteiger partial charge on any atom is 0.343 e. The van der Waals surface area contributed by atoms with E-state index in [2.05, 4.69) is 31.8 Å². The minimum absolute atomic E-state index is 0.243. The summed E-state index contributed by atoms with van der Waals surface area (Å²) in [5, 5.41) is 7.32. The van der Waals surface area contributed by atoms with Crippen molar-refractivity contribution in [3.63, 3.8) is 0 Å². The third-order valence-electron chi connectivity index (χ3n) is 5.81. The number of nitrogens with one attached hydrogen (secondary N) is 2. The SMILES string of the molecule is CCOc1ccc(C(=O)Nc2cccc(C(=O)NN=Cc3cc(Br)ccc3OC(=O)c3ccc(Cl)cc3)c2)cc1OCC. The summed E-state index contributed by atoms with van der Waals surface area (Å²) >= 11 is 9.28. The molecule has 2 amide bonds. The Kier molecular flexibility index (Phi) is 10.9. The molecule has 0 bridgehead atoms. The Morgan fingerprint density at radius 2 is 1.47 bits per heavy atom. The topological polar surface area (TPSA) is 115 Å². The van der Waals surface area contributed by atoms with Gasteiger partial charge in [0.1, 0.15) is 5.75 Å². The highest BCUT2D eigenvalue weighted by molar-refractivity contribution is 9.10. The van der Waals surface area contributed by atoms with Crippen LogP contribution in [-0.2, 0) is 0 Å². The molecule has 0 saturated heterocycles. The van der Waals surface area contributed by atoms with Gasteiger partial charge in [-0.3, -0.25) is 9.59 Å². The van der Waals surface area contributed by atoms with Gasteiger partial charge in [-0.2, -0.15) is 5.10 Å². The molecule has 0 unspecified atom stereocenters. The van der Waals surface area contributed by atoms with Crippen molar-refractivity contribution >= 4 is 57.2 Å². The van der Waals surface area contributed by atoms with Crippen molar-refractivity contribution < 1.29 is 28.6 Å². The molecule has 0 saturated carbocycles. The van der Waals surface area contributed by atoms with Gasteiger partial charge in [0.25, 0.3) is 11.8 Å². The zero-order valence-electron chi connectivity index (χ0n) is 23.2.